The highest BCUT2D eigenvalue weighted by Gasteiger charge is 2.17. The third-order valence-corrected chi connectivity index (χ3v) is 3.57. The molecule has 0 aromatic rings. The van der Waals surface area contributed by atoms with Gasteiger partial charge in [-0.15, -0.1) is 24.0 Å². The molecule has 2 fully saturated rings. The standard InChI is InChI=1S/C12H23N3O.HI/c13-12(14-7-10-3-1-4-10)15-8-11-5-2-6-16-9-11;/h10-11H,1-9H2,(H3,13,14,15);1H. The van der Waals surface area contributed by atoms with Crippen molar-refractivity contribution in [2.24, 2.45) is 22.6 Å². The summed E-state index contributed by atoms with van der Waals surface area (Å²) in [6.07, 6.45) is 6.45. The van der Waals surface area contributed by atoms with Gasteiger partial charge in [-0.1, -0.05) is 6.42 Å². The minimum Gasteiger partial charge on any atom is -0.381 e. The van der Waals surface area contributed by atoms with Crippen LogP contribution in [0.1, 0.15) is 32.1 Å². The molecule has 0 aromatic carbocycles. The average Bonchev–Trinajstić information content (AvgIpc) is 2.26. The number of guanidine groups is 1. The van der Waals surface area contributed by atoms with Gasteiger partial charge >= 0.3 is 0 Å². The Bertz CT molecular complexity index is 238. The maximum atomic E-state index is 5.82. The summed E-state index contributed by atoms with van der Waals surface area (Å²) in [6, 6.07) is 0. The lowest BCUT2D eigenvalue weighted by Crippen LogP contribution is -2.37. The van der Waals surface area contributed by atoms with Crippen LogP contribution in [-0.2, 0) is 4.74 Å². The van der Waals surface area contributed by atoms with Gasteiger partial charge in [0.15, 0.2) is 5.96 Å². The molecule has 4 nitrogen and oxygen atoms in total. The summed E-state index contributed by atoms with van der Waals surface area (Å²) in [6.45, 7) is 3.56. The fourth-order valence-electron chi connectivity index (χ4n) is 2.18. The molecule has 1 saturated carbocycles. The number of halogens is 1. The van der Waals surface area contributed by atoms with E-state index in [1.54, 1.807) is 0 Å². The molecule has 0 bridgehead atoms. The molecule has 0 amide bonds. The maximum Gasteiger partial charge on any atom is 0.188 e. The van der Waals surface area contributed by atoms with Gasteiger partial charge in [0.05, 0.1) is 6.61 Å². The van der Waals surface area contributed by atoms with Crippen molar-refractivity contribution in [1.82, 2.24) is 5.32 Å². The number of rotatable bonds is 4. The SMILES string of the molecule is I.NC(=NCC1CCCOC1)NCC1CCC1. The van der Waals surface area contributed by atoms with E-state index >= 15 is 0 Å². The minimum absolute atomic E-state index is 0. The first-order valence-electron chi connectivity index (χ1n) is 6.46. The topological polar surface area (TPSA) is 59.6 Å². The molecule has 3 N–H and O–H groups in total. The third-order valence-electron chi connectivity index (χ3n) is 3.57. The van der Waals surface area contributed by atoms with Crippen LogP contribution in [0.3, 0.4) is 0 Å². The van der Waals surface area contributed by atoms with Gasteiger partial charge in [0.1, 0.15) is 0 Å². The summed E-state index contributed by atoms with van der Waals surface area (Å²) in [5.74, 6) is 2.00. The van der Waals surface area contributed by atoms with Crippen LogP contribution in [0.25, 0.3) is 0 Å². The van der Waals surface area contributed by atoms with E-state index < -0.39 is 0 Å². The predicted octanol–water partition coefficient (Wildman–Crippen LogP) is 1.74. The number of hydrogen-bond acceptors (Lipinski definition) is 2. The normalized spacial score (nSPS) is 25.9. The molecule has 1 atom stereocenters. The fraction of sp³-hybridized carbons (Fsp3) is 0.917. The van der Waals surface area contributed by atoms with Gasteiger partial charge in [0.25, 0.3) is 0 Å². The molecule has 1 aliphatic carbocycles. The molecule has 1 saturated heterocycles. The first-order chi connectivity index (χ1) is 7.84. The second kappa shape index (κ2) is 8.13. The molecule has 1 heterocycles. The molecule has 0 radical (unpaired) electrons. The monoisotopic (exact) mass is 353 g/mol. The van der Waals surface area contributed by atoms with Crippen molar-refractivity contribution in [1.29, 1.82) is 0 Å². The molecule has 5 heteroatoms. The van der Waals surface area contributed by atoms with Crippen LogP contribution >= 0.6 is 24.0 Å². The van der Waals surface area contributed by atoms with Crippen molar-refractivity contribution in [2.75, 3.05) is 26.3 Å². The van der Waals surface area contributed by atoms with Crippen molar-refractivity contribution in [3.63, 3.8) is 0 Å². The van der Waals surface area contributed by atoms with Gasteiger partial charge in [0.2, 0.25) is 0 Å². The molecule has 2 rings (SSSR count). The van der Waals surface area contributed by atoms with E-state index in [0.717, 1.165) is 38.6 Å². The van der Waals surface area contributed by atoms with Crippen molar-refractivity contribution >= 4 is 29.9 Å². The van der Waals surface area contributed by atoms with Crippen molar-refractivity contribution in [3.8, 4) is 0 Å². The van der Waals surface area contributed by atoms with Gasteiger partial charge in [-0.2, -0.15) is 0 Å². The van der Waals surface area contributed by atoms with E-state index in [1.807, 2.05) is 0 Å². The molecule has 100 valence electrons. The largest absolute Gasteiger partial charge is 0.381 e. The van der Waals surface area contributed by atoms with Crippen LogP contribution in [0.5, 0.6) is 0 Å². The summed E-state index contributed by atoms with van der Waals surface area (Å²) >= 11 is 0. The number of nitrogens with zero attached hydrogens (tertiary/aromatic N) is 1. The molecule has 0 spiro atoms. The second-order valence-electron chi connectivity index (χ2n) is 4.99. The Balaban J connectivity index is 0.00000144. The van der Waals surface area contributed by atoms with E-state index in [4.69, 9.17) is 10.5 Å². The Hall–Kier alpha value is -0.0400. The lowest BCUT2D eigenvalue weighted by Gasteiger charge is -2.25. The van der Waals surface area contributed by atoms with Gasteiger partial charge in [0, 0.05) is 25.6 Å². The third kappa shape index (κ3) is 5.42. The first kappa shape index (κ1) is 15.0. The first-order valence-corrected chi connectivity index (χ1v) is 6.46. The fourth-order valence-corrected chi connectivity index (χ4v) is 2.18. The minimum atomic E-state index is 0. The molecular formula is C12H24IN3O. The summed E-state index contributed by atoms with van der Waals surface area (Å²) in [4.78, 5) is 4.38. The Labute approximate surface area is 121 Å². The number of ether oxygens (including phenoxy) is 1. The van der Waals surface area contributed by atoms with Gasteiger partial charge in [-0.05, 0) is 31.6 Å². The molecule has 17 heavy (non-hydrogen) atoms. The average molecular weight is 353 g/mol. The van der Waals surface area contributed by atoms with E-state index in [9.17, 15) is 0 Å². The van der Waals surface area contributed by atoms with Crippen LogP contribution in [0.15, 0.2) is 4.99 Å². The van der Waals surface area contributed by atoms with Crippen molar-refractivity contribution in [3.05, 3.63) is 0 Å². The van der Waals surface area contributed by atoms with Gasteiger partial charge in [-0.3, -0.25) is 4.99 Å². The van der Waals surface area contributed by atoms with Crippen LogP contribution < -0.4 is 11.1 Å². The second-order valence-corrected chi connectivity index (χ2v) is 4.99. The maximum absolute atomic E-state index is 5.82. The molecular weight excluding hydrogens is 329 g/mol. The number of nitrogens with one attached hydrogen (secondary N) is 1. The Morgan fingerprint density at radius 1 is 1.24 bits per heavy atom. The molecule has 2 aliphatic rings. The van der Waals surface area contributed by atoms with E-state index in [0.29, 0.717) is 11.9 Å². The van der Waals surface area contributed by atoms with Crippen LogP contribution in [0.4, 0.5) is 0 Å². The lowest BCUT2D eigenvalue weighted by atomic mass is 9.85. The zero-order valence-electron chi connectivity index (χ0n) is 10.4. The molecule has 0 aromatic heterocycles. The molecule has 1 aliphatic heterocycles. The highest BCUT2D eigenvalue weighted by atomic mass is 127. The molecule has 1 unspecified atom stereocenters. The Morgan fingerprint density at radius 2 is 2.00 bits per heavy atom. The smallest absolute Gasteiger partial charge is 0.188 e. The number of nitrogens with two attached hydrogens (primary N) is 1. The van der Waals surface area contributed by atoms with Crippen molar-refractivity contribution in [2.45, 2.75) is 32.1 Å². The lowest BCUT2D eigenvalue weighted by molar-refractivity contribution is 0.0582. The van der Waals surface area contributed by atoms with E-state index in [2.05, 4.69) is 10.3 Å². The zero-order valence-corrected chi connectivity index (χ0v) is 12.7. The van der Waals surface area contributed by atoms with Crippen LogP contribution in [0.2, 0.25) is 0 Å². The highest BCUT2D eigenvalue weighted by Crippen LogP contribution is 2.24. The van der Waals surface area contributed by atoms with E-state index in [-0.39, 0.29) is 24.0 Å². The van der Waals surface area contributed by atoms with Gasteiger partial charge < -0.3 is 15.8 Å². The number of hydrogen-bond donors (Lipinski definition) is 2. The quantitative estimate of drug-likeness (QED) is 0.460. The Kier molecular flexibility index (Phi) is 7.18. The Morgan fingerprint density at radius 3 is 2.59 bits per heavy atom. The predicted molar refractivity (Wildman–Crippen MR) is 80.8 cm³/mol. The zero-order chi connectivity index (χ0) is 11.2. The van der Waals surface area contributed by atoms with E-state index in [1.165, 1.54) is 25.7 Å². The van der Waals surface area contributed by atoms with Crippen LogP contribution in [-0.4, -0.2) is 32.3 Å². The van der Waals surface area contributed by atoms with Crippen molar-refractivity contribution < 1.29 is 4.74 Å². The summed E-state index contributed by atoms with van der Waals surface area (Å²) in [5.41, 5.74) is 5.82. The van der Waals surface area contributed by atoms with Gasteiger partial charge in [-0.25, -0.2) is 0 Å². The highest BCUT2D eigenvalue weighted by molar-refractivity contribution is 14.0. The summed E-state index contributed by atoms with van der Waals surface area (Å²) < 4.78 is 5.41. The van der Waals surface area contributed by atoms with Crippen LogP contribution in [0, 0.1) is 11.8 Å². The number of aliphatic imine (C=N–C) groups is 1. The summed E-state index contributed by atoms with van der Waals surface area (Å²) in [5, 5.41) is 3.21. The summed E-state index contributed by atoms with van der Waals surface area (Å²) in [7, 11) is 0.